The van der Waals surface area contributed by atoms with Crippen molar-refractivity contribution in [3.8, 4) is 0 Å². The number of aliphatic imine (C=N–C) groups is 1. The molecule has 5 nitrogen and oxygen atoms in total. The van der Waals surface area contributed by atoms with Crippen LogP contribution in [0.3, 0.4) is 0 Å². The number of pyridine rings is 1. The summed E-state index contributed by atoms with van der Waals surface area (Å²) >= 11 is 0. The van der Waals surface area contributed by atoms with Gasteiger partial charge in [0.25, 0.3) is 5.69 Å². The number of nitrogens with zero attached hydrogens (tertiary/aromatic N) is 3. The van der Waals surface area contributed by atoms with Gasteiger partial charge in [0.2, 0.25) is 0 Å². The van der Waals surface area contributed by atoms with Gasteiger partial charge in [0, 0.05) is 23.9 Å². The number of rotatable bonds is 4. The number of nitro benzene ring substituents is 1. The first kappa shape index (κ1) is 17.5. The molecule has 0 spiro atoms. The first-order valence-electron chi connectivity index (χ1n) is 7.55. The molecule has 0 saturated heterocycles. The second-order valence-electron chi connectivity index (χ2n) is 5.45. The summed E-state index contributed by atoms with van der Waals surface area (Å²) in [6.45, 7) is -0.178. The van der Waals surface area contributed by atoms with Crippen molar-refractivity contribution in [2.24, 2.45) is 4.99 Å². The smallest absolute Gasteiger partial charge is 0.286 e. The number of alkyl halides is 3. The van der Waals surface area contributed by atoms with Crippen LogP contribution in [0.5, 0.6) is 0 Å². The normalized spacial score (nSPS) is 12.0. The number of fused-ring (bicyclic) bond motifs is 1. The van der Waals surface area contributed by atoms with Gasteiger partial charge in [0.1, 0.15) is 0 Å². The topological polar surface area (TPSA) is 68.4 Å². The Bertz CT molecular complexity index is 1000. The second-order valence-corrected chi connectivity index (χ2v) is 5.45. The maximum absolute atomic E-state index is 13.0. The SMILES string of the molecule is O=[N+]([O-])c1cccc2c(C=NCc3ccccc3C(F)(F)F)nccc12. The highest BCUT2D eigenvalue weighted by molar-refractivity contribution is 6.01. The summed E-state index contributed by atoms with van der Waals surface area (Å²) in [5.41, 5.74) is -0.404. The van der Waals surface area contributed by atoms with Gasteiger partial charge in [-0.05, 0) is 17.7 Å². The van der Waals surface area contributed by atoms with Crippen LogP contribution in [0.1, 0.15) is 16.8 Å². The summed E-state index contributed by atoms with van der Waals surface area (Å²) in [6, 6.07) is 11.3. The van der Waals surface area contributed by atoms with E-state index in [1.54, 1.807) is 6.07 Å². The average Bonchev–Trinajstić information content (AvgIpc) is 2.61. The molecule has 1 aromatic heterocycles. The number of hydrogen-bond acceptors (Lipinski definition) is 4. The van der Waals surface area contributed by atoms with E-state index in [2.05, 4.69) is 9.98 Å². The quantitative estimate of drug-likeness (QED) is 0.382. The van der Waals surface area contributed by atoms with E-state index >= 15 is 0 Å². The lowest BCUT2D eigenvalue weighted by Gasteiger charge is -2.10. The Morgan fingerprint density at radius 2 is 1.85 bits per heavy atom. The maximum atomic E-state index is 13.0. The molecule has 0 saturated carbocycles. The minimum Gasteiger partial charge on any atom is -0.286 e. The number of aromatic nitrogens is 1. The minimum atomic E-state index is -4.45. The fraction of sp³-hybridized carbons (Fsp3) is 0.111. The zero-order valence-corrected chi connectivity index (χ0v) is 13.3. The third kappa shape index (κ3) is 3.53. The summed E-state index contributed by atoms with van der Waals surface area (Å²) in [7, 11) is 0. The van der Waals surface area contributed by atoms with Crippen LogP contribution in [0, 0.1) is 10.1 Å². The first-order chi connectivity index (χ1) is 12.4. The maximum Gasteiger partial charge on any atom is 0.416 e. The highest BCUT2D eigenvalue weighted by Gasteiger charge is 2.32. The highest BCUT2D eigenvalue weighted by Crippen LogP contribution is 2.32. The van der Waals surface area contributed by atoms with E-state index in [-0.39, 0.29) is 17.8 Å². The van der Waals surface area contributed by atoms with Gasteiger partial charge in [0.05, 0.1) is 28.1 Å². The largest absolute Gasteiger partial charge is 0.416 e. The zero-order chi connectivity index (χ0) is 18.7. The van der Waals surface area contributed by atoms with Gasteiger partial charge >= 0.3 is 6.18 Å². The van der Waals surface area contributed by atoms with Crippen molar-refractivity contribution in [2.45, 2.75) is 12.7 Å². The molecule has 0 radical (unpaired) electrons. The molecule has 3 rings (SSSR count). The third-order valence-corrected chi connectivity index (χ3v) is 3.81. The second kappa shape index (κ2) is 6.91. The molecule has 0 aliphatic carbocycles. The van der Waals surface area contributed by atoms with Gasteiger partial charge in [-0.25, -0.2) is 0 Å². The highest BCUT2D eigenvalue weighted by atomic mass is 19.4. The molecule has 0 amide bonds. The number of non-ortho nitro benzene ring substituents is 1. The van der Waals surface area contributed by atoms with Gasteiger partial charge in [-0.3, -0.25) is 20.1 Å². The lowest BCUT2D eigenvalue weighted by atomic mass is 10.1. The standard InChI is InChI=1S/C18H12F3N3O2/c19-18(20,21)15-6-2-1-4-12(15)10-22-11-16-13-5-3-7-17(24(25)26)14(13)8-9-23-16/h1-9,11H,10H2. The fourth-order valence-electron chi connectivity index (χ4n) is 2.64. The molecule has 0 atom stereocenters. The summed E-state index contributed by atoms with van der Waals surface area (Å²) in [5.74, 6) is 0. The van der Waals surface area contributed by atoms with E-state index in [0.717, 1.165) is 6.07 Å². The Morgan fingerprint density at radius 3 is 2.58 bits per heavy atom. The van der Waals surface area contributed by atoms with Gasteiger partial charge in [-0.2, -0.15) is 13.2 Å². The van der Waals surface area contributed by atoms with Crippen LogP contribution in [-0.2, 0) is 12.7 Å². The van der Waals surface area contributed by atoms with Gasteiger partial charge in [0.15, 0.2) is 0 Å². The molecule has 1 heterocycles. The van der Waals surface area contributed by atoms with Crippen LogP contribution in [0.25, 0.3) is 10.8 Å². The molecule has 8 heteroatoms. The summed E-state index contributed by atoms with van der Waals surface area (Å²) in [6.07, 6.45) is -1.72. The van der Waals surface area contributed by atoms with E-state index in [1.807, 2.05) is 0 Å². The van der Waals surface area contributed by atoms with Crippen LogP contribution in [0.4, 0.5) is 18.9 Å². The molecular formula is C18H12F3N3O2. The molecule has 0 bridgehead atoms. The van der Waals surface area contributed by atoms with E-state index in [1.165, 1.54) is 48.8 Å². The Morgan fingerprint density at radius 1 is 1.08 bits per heavy atom. The first-order valence-corrected chi connectivity index (χ1v) is 7.55. The van der Waals surface area contributed by atoms with Crippen LogP contribution >= 0.6 is 0 Å². The number of halogens is 3. The van der Waals surface area contributed by atoms with Gasteiger partial charge in [-0.1, -0.05) is 30.3 Å². The van der Waals surface area contributed by atoms with Crippen molar-refractivity contribution in [1.82, 2.24) is 4.98 Å². The van der Waals surface area contributed by atoms with Crippen LogP contribution < -0.4 is 0 Å². The summed E-state index contributed by atoms with van der Waals surface area (Å²) in [5, 5.41) is 12.0. The number of benzene rings is 2. The molecular weight excluding hydrogens is 347 g/mol. The zero-order valence-electron chi connectivity index (χ0n) is 13.3. The van der Waals surface area contributed by atoms with Gasteiger partial charge in [-0.15, -0.1) is 0 Å². The Balaban J connectivity index is 1.94. The molecule has 3 aromatic rings. The predicted molar refractivity (Wildman–Crippen MR) is 91.1 cm³/mol. The van der Waals surface area contributed by atoms with Crippen molar-refractivity contribution in [1.29, 1.82) is 0 Å². The van der Waals surface area contributed by atoms with Gasteiger partial charge < -0.3 is 0 Å². The average molecular weight is 359 g/mol. The number of hydrogen-bond donors (Lipinski definition) is 0. The van der Waals surface area contributed by atoms with Crippen LogP contribution in [-0.4, -0.2) is 16.1 Å². The molecule has 132 valence electrons. The van der Waals surface area contributed by atoms with E-state index in [4.69, 9.17) is 0 Å². The Kier molecular flexibility index (Phi) is 4.66. The van der Waals surface area contributed by atoms with E-state index < -0.39 is 16.7 Å². The van der Waals surface area contributed by atoms with Crippen molar-refractivity contribution in [2.75, 3.05) is 0 Å². The molecule has 0 aliphatic heterocycles. The lowest BCUT2D eigenvalue weighted by molar-refractivity contribution is -0.383. The van der Waals surface area contributed by atoms with E-state index in [9.17, 15) is 23.3 Å². The van der Waals surface area contributed by atoms with Crippen molar-refractivity contribution in [3.63, 3.8) is 0 Å². The summed E-state index contributed by atoms with van der Waals surface area (Å²) < 4.78 is 39.0. The Labute approximate surface area is 146 Å². The van der Waals surface area contributed by atoms with Crippen molar-refractivity contribution >= 4 is 22.7 Å². The lowest BCUT2D eigenvalue weighted by Crippen LogP contribution is -2.08. The number of nitro groups is 1. The van der Waals surface area contributed by atoms with Crippen LogP contribution in [0.2, 0.25) is 0 Å². The molecule has 26 heavy (non-hydrogen) atoms. The molecule has 2 aromatic carbocycles. The molecule has 0 aliphatic rings. The third-order valence-electron chi connectivity index (χ3n) is 3.81. The van der Waals surface area contributed by atoms with Crippen molar-refractivity contribution < 1.29 is 18.1 Å². The fourth-order valence-corrected chi connectivity index (χ4v) is 2.64. The monoisotopic (exact) mass is 359 g/mol. The summed E-state index contributed by atoms with van der Waals surface area (Å²) in [4.78, 5) is 18.8. The Hall–Kier alpha value is -3.29. The molecule has 0 N–H and O–H groups in total. The van der Waals surface area contributed by atoms with Crippen LogP contribution in [0.15, 0.2) is 59.7 Å². The molecule has 0 unspecified atom stereocenters. The molecule has 0 fully saturated rings. The van der Waals surface area contributed by atoms with E-state index in [0.29, 0.717) is 16.5 Å². The van der Waals surface area contributed by atoms with Crippen molar-refractivity contribution in [3.05, 3.63) is 81.7 Å². The predicted octanol–water partition coefficient (Wildman–Crippen LogP) is 4.78. The minimum absolute atomic E-state index is 0.0440.